The normalized spacial score (nSPS) is 36.1. The molecule has 2 N–H and O–H groups in total. The van der Waals surface area contributed by atoms with Crippen LogP contribution in [0.4, 0.5) is 0 Å². The molecule has 0 bridgehead atoms. The first-order chi connectivity index (χ1) is 11.1. The number of hydrogen-bond donors (Lipinski definition) is 1. The molecule has 122 valence electrons. The number of ether oxygens (including phenoxy) is 2. The number of Topliss-reactive ketones (excluding diaryl/α,β-unsaturated/α-hetero) is 2. The fraction of sp³-hybridized carbons (Fsp3) is 0.556. The summed E-state index contributed by atoms with van der Waals surface area (Å²) in [6.45, 7) is 1.42. The second-order valence-corrected chi connectivity index (χ2v) is 6.83. The summed E-state index contributed by atoms with van der Waals surface area (Å²) in [6, 6.07) is 7.05. The highest BCUT2D eigenvalue weighted by Crippen LogP contribution is 2.48. The summed E-state index contributed by atoms with van der Waals surface area (Å²) in [7, 11) is 0. The second-order valence-electron chi connectivity index (χ2n) is 6.83. The topological polar surface area (TPSA) is 78.6 Å². The van der Waals surface area contributed by atoms with Crippen molar-refractivity contribution in [1.82, 2.24) is 0 Å². The van der Waals surface area contributed by atoms with Gasteiger partial charge in [0.2, 0.25) is 0 Å². The van der Waals surface area contributed by atoms with Crippen molar-refractivity contribution >= 4 is 11.6 Å². The molecule has 1 aromatic rings. The van der Waals surface area contributed by atoms with Crippen molar-refractivity contribution in [2.24, 2.45) is 11.7 Å². The molecule has 3 aliphatic rings. The van der Waals surface area contributed by atoms with Crippen LogP contribution in [0.1, 0.15) is 46.4 Å². The molecule has 5 nitrogen and oxygen atoms in total. The van der Waals surface area contributed by atoms with Crippen LogP contribution in [-0.4, -0.2) is 42.5 Å². The van der Waals surface area contributed by atoms with E-state index in [1.165, 1.54) is 0 Å². The zero-order valence-corrected chi connectivity index (χ0v) is 13.0. The van der Waals surface area contributed by atoms with Crippen LogP contribution in [0.25, 0.3) is 0 Å². The summed E-state index contributed by atoms with van der Waals surface area (Å²) in [6.07, 6.45) is 2.70. The Morgan fingerprint density at radius 3 is 2.61 bits per heavy atom. The van der Waals surface area contributed by atoms with Gasteiger partial charge >= 0.3 is 0 Å². The van der Waals surface area contributed by atoms with Gasteiger partial charge < -0.3 is 15.2 Å². The van der Waals surface area contributed by atoms with E-state index in [2.05, 4.69) is 0 Å². The minimum Gasteiger partial charge on any atom is -0.374 e. The summed E-state index contributed by atoms with van der Waals surface area (Å²) in [5.74, 6) is -0.487. The van der Waals surface area contributed by atoms with E-state index in [9.17, 15) is 9.59 Å². The predicted molar refractivity (Wildman–Crippen MR) is 83.5 cm³/mol. The van der Waals surface area contributed by atoms with Crippen LogP contribution < -0.4 is 5.73 Å². The quantitative estimate of drug-likeness (QED) is 0.919. The average Bonchev–Trinajstić information content (AvgIpc) is 3.21. The molecule has 1 aromatic carbocycles. The summed E-state index contributed by atoms with van der Waals surface area (Å²) < 4.78 is 11.9. The van der Waals surface area contributed by atoms with Gasteiger partial charge in [0.05, 0.1) is 11.5 Å². The Kier molecular flexibility index (Phi) is 3.41. The van der Waals surface area contributed by atoms with Gasteiger partial charge in [-0.2, -0.15) is 0 Å². The van der Waals surface area contributed by atoms with E-state index in [0.717, 1.165) is 12.8 Å². The Labute approximate surface area is 135 Å². The van der Waals surface area contributed by atoms with Crippen LogP contribution in [0.5, 0.6) is 0 Å². The molecule has 2 aliphatic heterocycles. The molecule has 3 unspecified atom stereocenters. The minimum atomic E-state index is -1.10. The lowest BCUT2D eigenvalue weighted by molar-refractivity contribution is -0.0761. The lowest BCUT2D eigenvalue weighted by Gasteiger charge is -2.42. The van der Waals surface area contributed by atoms with Crippen molar-refractivity contribution in [1.29, 1.82) is 0 Å². The first-order valence-corrected chi connectivity index (χ1v) is 8.28. The van der Waals surface area contributed by atoms with E-state index in [0.29, 0.717) is 43.7 Å². The van der Waals surface area contributed by atoms with Gasteiger partial charge in [-0.1, -0.05) is 24.3 Å². The first-order valence-electron chi connectivity index (χ1n) is 8.28. The van der Waals surface area contributed by atoms with Gasteiger partial charge in [0, 0.05) is 37.3 Å². The van der Waals surface area contributed by atoms with Gasteiger partial charge in [-0.05, 0) is 19.3 Å². The summed E-state index contributed by atoms with van der Waals surface area (Å²) in [5.41, 5.74) is 5.31. The van der Waals surface area contributed by atoms with Gasteiger partial charge in [-0.3, -0.25) is 9.59 Å². The lowest BCUT2D eigenvalue weighted by atomic mass is 9.66. The zero-order chi connectivity index (χ0) is 16.1. The number of rotatable bonds is 3. The third-order valence-electron chi connectivity index (χ3n) is 5.61. The van der Waals surface area contributed by atoms with Gasteiger partial charge in [0.25, 0.3) is 0 Å². The van der Waals surface area contributed by atoms with Gasteiger partial charge in [0.15, 0.2) is 11.6 Å². The van der Waals surface area contributed by atoms with Crippen LogP contribution in [-0.2, 0) is 9.47 Å². The summed E-state index contributed by atoms with van der Waals surface area (Å²) >= 11 is 0. The molecule has 2 saturated heterocycles. The molecule has 0 aromatic heterocycles. The maximum atomic E-state index is 13.2. The zero-order valence-electron chi connectivity index (χ0n) is 13.0. The average molecular weight is 315 g/mol. The van der Waals surface area contributed by atoms with Crippen LogP contribution in [0.15, 0.2) is 24.3 Å². The van der Waals surface area contributed by atoms with E-state index in [4.69, 9.17) is 15.2 Å². The van der Waals surface area contributed by atoms with E-state index in [1.807, 2.05) is 0 Å². The molecular formula is C18H21NO4. The third kappa shape index (κ3) is 2.04. The van der Waals surface area contributed by atoms with Crippen LogP contribution in [0.2, 0.25) is 0 Å². The number of nitrogens with two attached hydrogens (primary N) is 1. The molecule has 2 fully saturated rings. The monoisotopic (exact) mass is 315 g/mol. The number of ketones is 2. The van der Waals surface area contributed by atoms with Crippen LogP contribution >= 0.6 is 0 Å². The van der Waals surface area contributed by atoms with Crippen molar-refractivity contribution in [3.05, 3.63) is 35.4 Å². The van der Waals surface area contributed by atoms with E-state index >= 15 is 0 Å². The summed E-state index contributed by atoms with van der Waals surface area (Å²) in [4.78, 5) is 26.1. The molecule has 0 radical (unpaired) electrons. The Bertz CT molecular complexity index is 665. The second kappa shape index (κ2) is 5.23. The molecular weight excluding hydrogens is 294 g/mol. The molecule has 4 rings (SSSR count). The fourth-order valence-corrected chi connectivity index (χ4v) is 4.43. The molecule has 3 atom stereocenters. The largest absolute Gasteiger partial charge is 0.374 e. The minimum absolute atomic E-state index is 0.0165. The molecule has 5 heteroatoms. The van der Waals surface area contributed by atoms with E-state index < -0.39 is 17.1 Å². The Hall–Kier alpha value is -1.56. The highest BCUT2D eigenvalue weighted by molar-refractivity contribution is 6.19. The fourth-order valence-electron chi connectivity index (χ4n) is 4.43. The smallest absolute Gasteiger partial charge is 0.196 e. The Morgan fingerprint density at radius 1 is 1.13 bits per heavy atom. The van der Waals surface area contributed by atoms with E-state index in [-0.39, 0.29) is 11.6 Å². The van der Waals surface area contributed by atoms with Gasteiger partial charge in [0.1, 0.15) is 5.60 Å². The molecule has 0 saturated carbocycles. The molecule has 23 heavy (non-hydrogen) atoms. The van der Waals surface area contributed by atoms with Gasteiger partial charge in [-0.15, -0.1) is 0 Å². The maximum Gasteiger partial charge on any atom is 0.196 e. The number of hydrogen-bond acceptors (Lipinski definition) is 5. The van der Waals surface area contributed by atoms with Crippen molar-refractivity contribution in [2.75, 3.05) is 19.8 Å². The van der Waals surface area contributed by atoms with Crippen molar-refractivity contribution in [2.45, 2.75) is 36.9 Å². The van der Waals surface area contributed by atoms with E-state index in [1.54, 1.807) is 24.3 Å². The maximum absolute atomic E-state index is 13.2. The lowest BCUT2D eigenvalue weighted by Crippen LogP contribution is -2.57. The standard InChI is InChI=1S/C18H21NO4/c19-11-17(7-3-8-22-17)10-18-14(6-9-23-18)15(20)12-4-1-2-5-13(12)16(18)21/h1-2,4-5,14H,3,6-11,19H2. The highest BCUT2D eigenvalue weighted by Gasteiger charge is 2.60. The number of carbonyl (C=O) groups is 2. The molecule has 1 aliphatic carbocycles. The number of carbonyl (C=O) groups excluding carboxylic acids is 2. The highest BCUT2D eigenvalue weighted by atomic mass is 16.5. The van der Waals surface area contributed by atoms with Crippen molar-refractivity contribution < 1.29 is 19.1 Å². The Balaban J connectivity index is 1.80. The molecule has 0 amide bonds. The first kappa shape index (κ1) is 15.0. The van der Waals surface area contributed by atoms with Crippen LogP contribution in [0, 0.1) is 5.92 Å². The predicted octanol–water partition coefficient (Wildman–Crippen LogP) is 1.74. The number of benzene rings is 1. The number of fused-ring (bicyclic) bond motifs is 2. The molecule has 0 spiro atoms. The van der Waals surface area contributed by atoms with Crippen molar-refractivity contribution in [3.8, 4) is 0 Å². The third-order valence-corrected chi connectivity index (χ3v) is 5.61. The Morgan fingerprint density at radius 2 is 1.91 bits per heavy atom. The SMILES string of the molecule is NCC1(CC23OCCC2C(=O)c2ccccc2C3=O)CCCO1. The summed E-state index contributed by atoms with van der Waals surface area (Å²) in [5, 5.41) is 0. The van der Waals surface area contributed by atoms with Crippen LogP contribution in [0.3, 0.4) is 0 Å². The molecule has 2 heterocycles. The van der Waals surface area contributed by atoms with Crippen molar-refractivity contribution in [3.63, 3.8) is 0 Å². The van der Waals surface area contributed by atoms with Gasteiger partial charge in [-0.25, -0.2) is 0 Å².